The first-order chi connectivity index (χ1) is 11.8. The molecule has 1 aromatic heterocycles. The van der Waals surface area contributed by atoms with Gasteiger partial charge in [0.2, 0.25) is 0 Å². The average Bonchev–Trinajstić information content (AvgIpc) is 3.17. The molecule has 3 rings (SSSR count). The number of rotatable bonds is 1. The second-order valence-electron chi connectivity index (χ2n) is 6.09. The fraction of sp³-hybridized carbons (Fsp3) is 0.571. The van der Waals surface area contributed by atoms with E-state index in [1.165, 1.54) is 36.5 Å². The topological polar surface area (TPSA) is 37.5 Å². The van der Waals surface area contributed by atoms with Gasteiger partial charge in [-0.1, -0.05) is 6.07 Å². The van der Waals surface area contributed by atoms with Crippen LogP contribution in [0.3, 0.4) is 0 Å². The van der Waals surface area contributed by atoms with Gasteiger partial charge in [-0.3, -0.25) is 9.63 Å². The van der Waals surface area contributed by atoms with Crippen LogP contribution in [-0.2, 0) is 0 Å². The molecule has 2 aliphatic heterocycles. The van der Waals surface area contributed by atoms with E-state index in [0.717, 1.165) is 32.2 Å². The van der Waals surface area contributed by atoms with Crippen LogP contribution in [0, 0.1) is 0 Å². The molecule has 0 N–H and O–H groups in total. The Hall–Kier alpha value is -1.77. The van der Waals surface area contributed by atoms with Crippen molar-refractivity contribution < 1.29 is 34.6 Å². The summed E-state index contributed by atoms with van der Waals surface area (Å²) < 4.78 is 62.8. The molecule has 0 radical (unpaired) electrons. The molecule has 0 atom stereocenters. The number of nitrogens with zero attached hydrogens (tertiary/aromatic N) is 3. The van der Waals surface area contributed by atoms with E-state index in [9.17, 15) is 30.0 Å². The molecule has 2 aliphatic rings. The van der Waals surface area contributed by atoms with Gasteiger partial charge in [0.05, 0.1) is 26.2 Å². The van der Waals surface area contributed by atoms with Gasteiger partial charge in [-0.05, 0) is 31.7 Å². The maximum absolute atomic E-state index is 11.8. The van der Waals surface area contributed by atoms with E-state index in [4.69, 9.17) is 4.84 Å². The van der Waals surface area contributed by atoms with Crippen LogP contribution in [0.25, 0.3) is 0 Å². The molecular weight excluding hydrogens is 387 g/mol. The Bertz CT molecular complexity index is 706. The van der Waals surface area contributed by atoms with Crippen LogP contribution in [-0.4, -0.2) is 46.4 Å². The summed E-state index contributed by atoms with van der Waals surface area (Å²) in [6.07, 6.45) is 6.47. The zero-order chi connectivity index (χ0) is 19.5. The third-order valence-electron chi connectivity index (χ3n) is 3.72. The Morgan fingerprint density at radius 3 is 2.00 bits per heavy atom. The van der Waals surface area contributed by atoms with Crippen LogP contribution < -0.4 is 10.4 Å². The summed E-state index contributed by atoms with van der Waals surface area (Å²) in [5.41, 5.74) is -0.126. The molecule has 2 saturated heterocycles. The van der Waals surface area contributed by atoms with Gasteiger partial charge in [0.1, 0.15) is 0 Å². The molecule has 5 nitrogen and oxygen atoms in total. The van der Waals surface area contributed by atoms with E-state index in [0.29, 0.717) is 0 Å². The standard InChI is InChI=1S/C14H20N3O2.F6P/c18-13-7-1-2-12-17(13)19-14(15-8-3-4-9-15)16-10-5-6-11-16;1-7(2,3,4,5)6/h1-2,7,12H,3-6,8-11H2;/q+1;-1. The van der Waals surface area contributed by atoms with Gasteiger partial charge < -0.3 is 0 Å². The Morgan fingerprint density at radius 1 is 0.962 bits per heavy atom. The minimum absolute atomic E-state index is 0.126. The van der Waals surface area contributed by atoms with E-state index in [1.54, 1.807) is 12.3 Å². The van der Waals surface area contributed by atoms with Crippen molar-refractivity contribution in [2.75, 3.05) is 26.2 Å². The quantitative estimate of drug-likeness (QED) is 0.307. The second kappa shape index (κ2) is 6.75. The molecule has 0 spiro atoms. The van der Waals surface area contributed by atoms with Crippen LogP contribution in [0.4, 0.5) is 25.2 Å². The molecule has 3 heterocycles. The number of aromatic nitrogens is 1. The van der Waals surface area contributed by atoms with Crippen LogP contribution in [0.5, 0.6) is 0 Å². The molecule has 12 heteroatoms. The van der Waals surface area contributed by atoms with Crippen LogP contribution >= 0.6 is 7.81 Å². The van der Waals surface area contributed by atoms with Gasteiger partial charge in [-0.15, -0.1) is 4.73 Å². The number of halogens is 6. The third kappa shape index (κ3) is 8.07. The van der Waals surface area contributed by atoms with Crippen molar-refractivity contribution in [1.29, 1.82) is 0 Å². The van der Waals surface area contributed by atoms with Crippen molar-refractivity contribution >= 4 is 13.8 Å². The molecule has 0 saturated carbocycles. The van der Waals surface area contributed by atoms with Crippen molar-refractivity contribution in [2.45, 2.75) is 25.7 Å². The summed E-state index contributed by atoms with van der Waals surface area (Å²) in [5.74, 6) is 0. The first-order valence-corrected chi connectivity index (χ1v) is 10.1. The van der Waals surface area contributed by atoms with E-state index in [2.05, 4.69) is 9.48 Å². The van der Waals surface area contributed by atoms with Crippen molar-refractivity contribution in [3.05, 3.63) is 34.7 Å². The van der Waals surface area contributed by atoms with E-state index < -0.39 is 7.81 Å². The molecule has 0 amide bonds. The molecule has 150 valence electrons. The van der Waals surface area contributed by atoms with Crippen molar-refractivity contribution in [3.63, 3.8) is 0 Å². The summed E-state index contributed by atoms with van der Waals surface area (Å²) >= 11 is 0. The summed E-state index contributed by atoms with van der Waals surface area (Å²) in [5, 5.41) is 0. The van der Waals surface area contributed by atoms with Crippen molar-refractivity contribution in [1.82, 2.24) is 9.63 Å². The largest absolute Gasteiger partial charge is 0.471 e. The molecule has 0 aromatic carbocycles. The van der Waals surface area contributed by atoms with Crippen molar-refractivity contribution in [2.24, 2.45) is 0 Å². The molecular formula is C14H20F6N3O2P. The molecule has 0 aliphatic carbocycles. The Morgan fingerprint density at radius 2 is 1.50 bits per heavy atom. The predicted molar refractivity (Wildman–Crippen MR) is 85.9 cm³/mol. The third-order valence-corrected chi connectivity index (χ3v) is 3.72. The van der Waals surface area contributed by atoms with Gasteiger partial charge in [0, 0.05) is 12.3 Å². The van der Waals surface area contributed by atoms with Gasteiger partial charge in [-0.2, -0.15) is 0 Å². The van der Waals surface area contributed by atoms with Crippen LogP contribution in [0.15, 0.2) is 29.2 Å². The summed E-state index contributed by atoms with van der Waals surface area (Å²) in [4.78, 5) is 19.9. The summed E-state index contributed by atoms with van der Waals surface area (Å²) in [6.45, 7) is 4.08. The fourth-order valence-corrected chi connectivity index (χ4v) is 2.71. The Balaban J connectivity index is 0.000000298. The van der Waals surface area contributed by atoms with Crippen LogP contribution in [0.2, 0.25) is 0 Å². The van der Waals surface area contributed by atoms with Crippen LogP contribution in [0.1, 0.15) is 25.7 Å². The second-order valence-corrected chi connectivity index (χ2v) is 8.00. The monoisotopic (exact) mass is 407 g/mol. The average molecular weight is 407 g/mol. The van der Waals surface area contributed by atoms with E-state index in [1.807, 2.05) is 6.07 Å². The maximum Gasteiger partial charge on any atom is 0.471 e. The molecule has 0 unspecified atom stereocenters. The number of pyridine rings is 1. The number of amidine groups is 1. The number of likely N-dealkylation sites (tertiary alicyclic amines) is 1. The predicted octanol–water partition coefficient (Wildman–Crippen LogP) is 3.92. The maximum atomic E-state index is 11.8. The normalized spacial score (nSPS) is 20.1. The molecule has 1 aromatic rings. The van der Waals surface area contributed by atoms with Gasteiger partial charge >= 0.3 is 39.0 Å². The Labute approximate surface area is 145 Å². The summed E-state index contributed by atoms with van der Waals surface area (Å²) in [6, 6.07) is 5.91. The minimum atomic E-state index is -10.7. The van der Waals surface area contributed by atoms with E-state index in [-0.39, 0.29) is 5.56 Å². The van der Waals surface area contributed by atoms with Crippen molar-refractivity contribution in [3.8, 4) is 0 Å². The SMILES string of the molecule is F[P-](F)(F)(F)(F)F.O=c1ccccn1OC(N1CCCC1)=[N+]1CCCC1. The summed E-state index contributed by atoms with van der Waals surface area (Å²) in [7, 11) is -10.7. The number of hydrogen-bond acceptors (Lipinski definition) is 2. The first kappa shape index (κ1) is 20.5. The Kier molecular flexibility index (Phi) is 5.34. The smallest absolute Gasteiger partial charge is 0.295 e. The fourth-order valence-electron chi connectivity index (χ4n) is 2.71. The zero-order valence-corrected chi connectivity index (χ0v) is 14.7. The zero-order valence-electron chi connectivity index (χ0n) is 13.8. The molecule has 2 fully saturated rings. The minimum Gasteiger partial charge on any atom is -0.295 e. The van der Waals surface area contributed by atoms with Gasteiger partial charge in [0.15, 0.2) is 0 Å². The number of hydrogen-bond donors (Lipinski definition) is 0. The first-order valence-electron chi connectivity index (χ1n) is 8.09. The van der Waals surface area contributed by atoms with Gasteiger partial charge in [-0.25, -0.2) is 9.48 Å². The molecule has 26 heavy (non-hydrogen) atoms. The van der Waals surface area contributed by atoms with E-state index >= 15 is 0 Å². The molecule has 0 bridgehead atoms. The van der Waals surface area contributed by atoms with Gasteiger partial charge in [0.25, 0.3) is 5.56 Å².